The number of hydrogen-bond acceptors (Lipinski definition) is 4. The highest BCUT2D eigenvalue weighted by Crippen LogP contribution is 2.39. The molecule has 6 rings (SSSR count). The minimum atomic E-state index is -0.727. The second-order valence-electron chi connectivity index (χ2n) is 9.81. The van der Waals surface area contributed by atoms with Crippen molar-refractivity contribution in [3.63, 3.8) is 0 Å². The average Bonchev–Trinajstić information content (AvgIpc) is 3.29. The Morgan fingerprint density at radius 3 is 2.57 bits per heavy atom. The lowest BCUT2D eigenvalue weighted by molar-refractivity contribution is -0.143. The van der Waals surface area contributed by atoms with Crippen molar-refractivity contribution >= 4 is 27.9 Å². The molecule has 2 unspecified atom stereocenters. The third-order valence-corrected chi connectivity index (χ3v) is 7.39. The highest BCUT2D eigenvalue weighted by atomic mass is 16.5. The lowest BCUT2D eigenvalue weighted by Gasteiger charge is -2.28. The number of carbonyl (C=O) groups is 1. The van der Waals surface area contributed by atoms with E-state index in [2.05, 4.69) is 22.8 Å². The van der Waals surface area contributed by atoms with Crippen LogP contribution in [0.3, 0.4) is 0 Å². The molecule has 2 heterocycles. The predicted octanol–water partition coefficient (Wildman–Crippen LogP) is 6.57. The number of imidazole rings is 1. The summed E-state index contributed by atoms with van der Waals surface area (Å²) in [6.45, 7) is 1.01. The zero-order valence-corrected chi connectivity index (χ0v) is 20.6. The molecule has 0 radical (unpaired) electrons. The monoisotopic (exact) mass is 491 g/mol. The number of hydrogen-bond donors (Lipinski definition) is 1. The van der Waals surface area contributed by atoms with Crippen LogP contribution in [0.15, 0.2) is 84.9 Å². The standard InChI is InChI=1S/C31H29N3O3/c35-31(36)26-12-6-5-11-25(26)30-33-28-18-24(16-17-29(28)34(30)19-21-8-2-1-3-9-21)37-20-23-15-14-22-10-4-7-13-27(22)32-23/h1-4,7-10,13-18,25-26H,5-6,11-12,19-20H2,(H,35,36). The third-order valence-electron chi connectivity index (χ3n) is 7.39. The molecule has 1 fully saturated rings. The molecule has 1 N–H and O–H groups in total. The first-order valence-corrected chi connectivity index (χ1v) is 12.9. The summed E-state index contributed by atoms with van der Waals surface area (Å²) in [5.41, 5.74) is 4.78. The molecule has 0 aliphatic heterocycles. The summed E-state index contributed by atoms with van der Waals surface area (Å²) in [6.07, 6.45) is 3.51. The van der Waals surface area contributed by atoms with Crippen LogP contribution in [0.25, 0.3) is 21.9 Å². The van der Waals surface area contributed by atoms with Gasteiger partial charge in [-0.05, 0) is 42.7 Å². The first-order chi connectivity index (χ1) is 18.2. The summed E-state index contributed by atoms with van der Waals surface area (Å²) in [6, 6.07) is 28.3. The van der Waals surface area contributed by atoms with E-state index >= 15 is 0 Å². The molecule has 5 aromatic rings. The maximum absolute atomic E-state index is 12.1. The molecule has 0 spiro atoms. The summed E-state index contributed by atoms with van der Waals surface area (Å²) < 4.78 is 8.32. The Morgan fingerprint density at radius 2 is 1.70 bits per heavy atom. The van der Waals surface area contributed by atoms with Crippen molar-refractivity contribution in [3.05, 3.63) is 102 Å². The summed E-state index contributed by atoms with van der Waals surface area (Å²) >= 11 is 0. The second-order valence-corrected chi connectivity index (χ2v) is 9.81. The number of benzene rings is 3. The van der Waals surface area contributed by atoms with Crippen LogP contribution in [0, 0.1) is 5.92 Å². The summed E-state index contributed by atoms with van der Waals surface area (Å²) in [5.74, 6) is 0.342. The summed E-state index contributed by atoms with van der Waals surface area (Å²) in [7, 11) is 0. The van der Waals surface area contributed by atoms with Gasteiger partial charge in [0, 0.05) is 23.9 Å². The molecule has 6 heteroatoms. The van der Waals surface area contributed by atoms with Crippen LogP contribution in [0.2, 0.25) is 0 Å². The smallest absolute Gasteiger partial charge is 0.307 e. The van der Waals surface area contributed by atoms with E-state index in [1.54, 1.807) is 0 Å². The van der Waals surface area contributed by atoms with Gasteiger partial charge in [-0.25, -0.2) is 9.97 Å². The van der Waals surface area contributed by atoms with Gasteiger partial charge in [0.25, 0.3) is 0 Å². The molecule has 0 amide bonds. The molecule has 3 aromatic carbocycles. The highest BCUT2D eigenvalue weighted by Gasteiger charge is 2.35. The van der Waals surface area contributed by atoms with Gasteiger partial charge in [0.1, 0.15) is 18.2 Å². The third kappa shape index (κ3) is 4.79. The first kappa shape index (κ1) is 23.2. The van der Waals surface area contributed by atoms with Gasteiger partial charge in [-0.15, -0.1) is 0 Å². The van der Waals surface area contributed by atoms with E-state index in [0.717, 1.165) is 64.0 Å². The SMILES string of the molecule is O=C(O)C1CCCCC1c1nc2cc(OCc3ccc4ccccc4n3)ccc2n1Cc1ccccc1. The Balaban J connectivity index is 1.33. The quantitative estimate of drug-likeness (QED) is 0.279. The van der Waals surface area contributed by atoms with Gasteiger partial charge in [-0.1, -0.05) is 67.4 Å². The van der Waals surface area contributed by atoms with E-state index in [9.17, 15) is 9.90 Å². The molecule has 1 aliphatic rings. The van der Waals surface area contributed by atoms with Crippen molar-refractivity contribution in [2.24, 2.45) is 5.92 Å². The Kier molecular flexibility index (Phi) is 6.31. The lowest BCUT2D eigenvalue weighted by atomic mass is 9.78. The van der Waals surface area contributed by atoms with Gasteiger partial charge in [-0.3, -0.25) is 4.79 Å². The molecule has 0 bridgehead atoms. The maximum Gasteiger partial charge on any atom is 0.307 e. The number of para-hydroxylation sites is 1. The Hall–Kier alpha value is -4.19. The van der Waals surface area contributed by atoms with Gasteiger partial charge < -0.3 is 14.4 Å². The predicted molar refractivity (Wildman–Crippen MR) is 144 cm³/mol. The fourth-order valence-corrected chi connectivity index (χ4v) is 5.51. The van der Waals surface area contributed by atoms with E-state index in [1.807, 2.05) is 66.7 Å². The molecule has 1 aliphatic carbocycles. The number of aromatic nitrogens is 3. The topological polar surface area (TPSA) is 77.2 Å². The maximum atomic E-state index is 12.1. The summed E-state index contributed by atoms with van der Waals surface area (Å²) in [4.78, 5) is 21.8. The zero-order valence-electron chi connectivity index (χ0n) is 20.6. The van der Waals surface area contributed by atoms with E-state index in [0.29, 0.717) is 19.6 Å². The molecular formula is C31H29N3O3. The molecule has 0 saturated heterocycles. The van der Waals surface area contributed by atoms with Gasteiger partial charge in [0.05, 0.1) is 28.2 Å². The fraction of sp³-hybridized carbons (Fsp3) is 0.258. The molecule has 186 valence electrons. The van der Waals surface area contributed by atoms with E-state index in [-0.39, 0.29) is 5.92 Å². The molecule has 1 saturated carbocycles. The van der Waals surface area contributed by atoms with Crippen LogP contribution in [-0.2, 0) is 17.9 Å². The average molecular weight is 492 g/mol. The minimum absolute atomic E-state index is 0.103. The molecular weight excluding hydrogens is 462 g/mol. The largest absolute Gasteiger partial charge is 0.487 e. The normalized spacial score (nSPS) is 17.7. The molecule has 2 atom stereocenters. The van der Waals surface area contributed by atoms with E-state index in [4.69, 9.17) is 14.7 Å². The van der Waals surface area contributed by atoms with Gasteiger partial charge >= 0.3 is 5.97 Å². The number of carboxylic acid groups (broad SMARTS) is 1. The second kappa shape index (κ2) is 10.1. The number of nitrogens with zero attached hydrogens (tertiary/aromatic N) is 3. The van der Waals surface area contributed by atoms with Crippen molar-refractivity contribution in [1.82, 2.24) is 14.5 Å². The molecule has 37 heavy (non-hydrogen) atoms. The van der Waals surface area contributed by atoms with Crippen molar-refractivity contribution in [3.8, 4) is 5.75 Å². The Bertz CT molecular complexity index is 1560. The Labute approximate surface area is 215 Å². The van der Waals surface area contributed by atoms with Crippen LogP contribution in [-0.4, -0.2) is 25.6 Å². The molecule has 2 aromatic heterocycles. The van der Waals surface area contributed by atoms with Crippen LogP contribution < -0.4 is 4.74 Å². The van der Waals surface area contributed by atoms with E-state index in [1.165, 1.54) is 0 Å². The van der Waals surface area contributed by atoms with Crippen LogP contribution in [0.4, 0.5) is 0 Å². The fourth-order valence-electron chi connectivity index (χ4n) is 5.51. The first-order valence-electron chi connectivity index (χ1n) is 12.9. The van der Waals surface area contributed by atoms with Gasteiger partial charge in [0.15, 0.2) is 0 Å². The van der Waals surface area contributed by atoms with Crippen molar-refractivity contribution in [2.75, 3.05) is 0 Å². The van der Waals surface area contributed by atoms with Crippen LogP contribution in [0.5, 0.6) is 5.75 Å². The lowest BCUT2D eigenvalue weighted by Crippen LogP contribution is -2.27. The van der Waals surface area contributed by atoms with Crippen LogP contribution >= 0.6 is 0 Å². The number of aliphatic carboxylic acids is 1. The van der Waals surface area contributed by atoms with Crippen LogP contribution in [0.1, 0.15) is 48.7 Å². The number of pyridine rings is 1. The Morgan fingerprint density at radius 1 is 0.892 bits per heavy atom. The number of carboxylic acids is 1. The molecule has 6 nitrogen and oxygen atoms in total. The van der Waals surface area contributed by atoms with Crippen molar-refractivity contribution < 1.29 is 14.6 Å². The highest BCUT2D eigenvalue weighted by molar-refractivity contribution is 5.79. The van der Waals surface area contributed by atoms with E-state index < -0.39 is 11.9 Å². The number of rotatable bonds is 7. The number of fused-ring (bicyclic) bond motifs is 2. The zero-order chi connectivity index (χ0) is 25.2. The summed E-state index contributed by atoms with van der Waals surface area (Å²) in [5, 5.41) is 11.1. The van der Waals surface area contributed by atoms with Gasteiger partial charge in [-0.2, -0.15) is 0 Å². The van der Waals surface area contributed by atoms with Gasteiger partial charge in [0.2, 0.25) is 0 Å². The number of ether oxygens (including phenoxy) is 1. The minimum Gasteiger partial charge on any atom is -0.487 e. The van der Waals surface area contributed by atoms with Crippen molar-refractivity contribution in [1.29, 1.82) is 0 Å². The van der Waals surface area contributed by atoms with Crippen molar-refractivity contribution in [2.45, 2.75) is 44.8 Å².